The number of hydrogen-bond donors (Lipinski definition) is 0. The second-order valence-electron chi connectivity index (χ2n) is 1.64. The van der Waals surface area contributed by atoms with Gasteiger partial charge in [0.1, 0.15) is 0 Å². The summed E-state index contributed by atoms with van der Waals surface area (Å²) in [6.07, 6.45) is 2.22. The summed E-state index contributed by atoms with van der Waals surface area (Å²) in [6.45, 7) is 1.48. The normalized spacial score (nSPS) is 10.7. The first-order valence-corrected chi connectivity index (χ1v) is 7.43. The molecular weight excluding hydrogens is 194 g/mol. The van der Waals surface area contributed by atoms with E-state index in [1.165, 1.54) is 12.2 Å². The van der Waals surface area contributed by atoms with Gasteiger partial charge in [0.25, 0.3) is 0 Å². The molecule has 0 N–H and O–H groups in total. The summed E-state index contributed by atoms with van der Waals surface area (Å²) in [5.41, 5.74) is 0. The van der Waals surface area contributed by atoms with Crippen LogP contribution in [0.2, 0.25) is 0 Å². The van der Waals surface area contributed by atoms with Crippen molar-refractivity contribution in [3.63, 3.8) is 0 Å². The molecule has 0 saturated heterocycles. The minimum absolute atomic E-state index is 0.693. The van der Waals surface area contributed by atoms with Gasteiger partial charge >= 0.3 is 0 Å². The molecule has 0 aliphatic rings. The van der Waals surface area contributed by atoms with Gasteiger partial charge in [-0.3, -0.25) is 0 Å². The van der Waals surface area contributed by atoms with Gasteiger partial charge in [-0.1, -0.05) is 29.4 Å². The second-order valence-corrected chi connectivity index (χ2v) is 6.88. The van der Waals surface area contributed by atoms with Crippen LogP contribution in [0.25, 0.3) is 0 Å². The molecule has 0 unspecified atom stereocenters. The average molecular weight is 205 g/mol. The van der Waals surface area contributed by atoms with Crippen molar-refractivity contribution in [3.8, 4) is 0 Å². The number of halogens is 2. The van der Waals surface area contributed by atoms with Crippen LogP contribution in [-0.2, 0) is 0 Å². The fraction of sp³-hybridized carbons (Fsp3) is 1.00. The minimum atomic E-state index is -0.693. The van der Waals surface area contributed by atoms with E-state index in [2.05, 4.69) is 6.92 Å². The third-order valence-electron chi connectivity index (χ3n) is 0.753. The molecule has 0 atom stereocenters. The third-order valence-corrected chi connectivity index (χ3v) is 3.82. The summed E-state index contributed by atoms with van der Waals surface area (Å²) in [6, 6.07) is 0. The van der Waals surface area contributed by atoms with Gasteiger partial charge in [-0.2, -0.15) is 11.8 Å². The molecule has 56 valence electrons. The summed E-state index contributed by atoms with van der Waals surface area (Å²) in [7, 11) is 0. The average Bonchev–Trinajstić information content (AvgIpc) is 1.80. The standard InChI is InChI=1S/C5H11Cl2PS/c1-2-4-9-5-3-8(6)7/h2-5H2,1H3. The number of rotatable bonds is 5. The maximum Gasteiger partial charge on any atom is 0.0862 e. The Morgan fingerprint density at radius 1 is 1.33 bits per heavy atom. The van der Waals surface area contributed by atoms with E-state index in [0.29, 0.717) is 0 Å². The number of hydrogen-bond acceptors (Lipinski definition) is 1. The monoisotopic (exact) mass is 204 g/mol. The van der Waals surface area contributed by atoms with Gasteiger partial charge in [0.2, 0.25) is 0 Å². The first-order chi connectivity index (χ1) is 4.27. The van der Waals surface area contributed by atoms with Crippen molar-refractivity contribution >= 4 is 40.9 Å². The Morgan fingerprint density at radius 2 is 2.00 bits per heavy atom. The van der Waals surface area contributed by atoms with Gasteiger partial charge in [-0.05, 0) is 17.9 Å². The molecule has 0 aliphatic carbocycles. The number of thioether (sulfide) groups is 1. The Bertz CT molecular complexity index is 60.9. The van der Waals surface area contributed by atoms with E-state index in [9.17, 15) is 0 Å². The molecule has 0 saturated carbocycles. The van der Waals surface area contributed by atoms with Crippen LogP contribution in [0.1, 0.15) is 13.3 Å². The van der Waals surface area contributed by atoms with Gasteiger partial charge in [0, 0.05) is 6.16 Å². The zero-order valence-electron chi connectivity index (χ0n) is 5.44. The molecule has 0 bridgehead atoms. The molecule has 9 heavy (non-hydrogen) atoms. The Hall–Kier alpha value is 1.36. The van der Waals surface area contributed by atoms with Gasteiger partial charge in [-0.15, -0.1) is 0 Å². The lowest BCUT2D eigenvalue weighted by Crippen LogP contribution is -1.83. The molecule has 0 aromatic rings. The molecule has 0 heterocycles. The molecule has 0 aromatic heterocycles. The van der Waals surface area contributed by atoms with Crippen molar-refractivity contribution in [1.82, 2.24) is 0 Å². The van der Waals surface area contributed by atoms with Crippen LogP contribution in [0.3, 0.4) is 0 Å². The van der Waals surface area contributed by atoms with Gasteiger partial charge < -0.3 is 0 Å². The lowest BCUT2D eigenvalue weighted by atomic mass is 10.6. The quantitative estimate of drug-likeness (QED) is 0.484. The highest BCUT2D eigenvalue weighted by Crippen LogP contribution is 2.46. The molecule has 0 amide bonds. The summed E-state index contributed by atoms with van der Waals surface area (Å²) in [5, 5.41) is 0. The van der Waals surface area contributed by atoms with Crippen LogP contribution in [-0.4, -0.2) is 17.7 Å². The molecule has 0 aromatic carbocycles. The van der Waals surface area contributed by atoms with Crippen LogP contribution in [0.4, 0.5) is 0 Å². The first kappa shape index (κ1) is 10.4. The fourth-order valence-corrected chi connectivity index (χ4v) is 3.18. The predicted octanol–water partition coefficient (Wildman–Crippen LogP) is 3.92. The van der Waals surface area contributed by atoms with E-state index >= 15 is 0 Å². The molecule has 0 aliphatic heterocycles. The molecule has 0 nitrogen and oxygen atoms in total. The molecule has 0 fully saturated rings. The zero-order chi connectivity index (χ0) is 7.11. The van der Waals surface area contributed by atoms with Crippen molar-refractivity contribution in [2.24, 2.45) is 0 Å². The second kappa shape index (κ2) is 7.47. The molecule has 4 heteroatoms. The molecule has 0 spiro atoms. The zero-order valence-corrected chi connectivity index (χ0v) is 8.66. The minimum Gasteiger partial charge on any atom is -0.162 e. The van der Waals surface area contributed by atoms with E-state index in [1.807, 2.05) is 11.8 Å². The van der Waals surface area contributed by atoms with Crippen LogP contribution < -0.4 is 0 Å². The van der Waals surface area contributed by atoms with E-state index < -0.39 is 6.63 Å². The lowest BCUT2D eigenvalue weighted by molar-refractivity contribution is 1.11. The summed E-state index contributed by atoms with van der Waals surface area (Å²) >= 11 is 13.1. The van der Waals surface area contributed by atoms with Crippen LogP contribution >= 0.6 is 40.9 Å². The molecular formula is C5H11Cl2PS. The smallest absolute Gasteiger partial charge is 0.0862 e. The van der Waals surface area contributed by atoms with Crippen LogP contribution in [0, 0.1) is 0 Å². The predicted molar refractivity (Wildman–Crippen MR) is 51.1 cm³/mol. The van der Waals surface area contributed by atoms with Crippen molar-refractivity contribution in [3.05, 3.63) is 0 Å². The van der Waals surface area contributed by atoms with Crippen molar-refractivity contribution in [1.29, 1.82) is 0 Å². The van der Waals surface area contributed by atoms with E-state index in [-0.39, 0.29) is 0 Å². The Morgan fingerprint density at radius 3 is 2.44 bits per heavy atom. The van der Waals surface area contributed by atoms with Crippen molar-refractivity contribution in [2.45, 2.75) is 13.3 Å². The highest BCUT2D eigenvalue weighted by Gasteiger charge is 1.96. The topological polar surface area (TPSA) is 0 Å². The van der Waals surface area contributed by atoms with E-state index in [1.54, 1.807) is 0 Å². The Balaban J connectivity index is 2.75. The highest BCUT2D eigenvalue weighted by molar-refractivity contribution is 8.05. The summed E-state index contributed by atoms with van der Waals surface area (Å²) in [4.78, 5) is 0. The van der Waals surface area contributed by atoms with E-state index in [4.69, 9.17) is 22.5 Å². The molecule has 0 rings (SSSR count). The van der Waals surface area contributed by atoms with Crippen molar-refractivity contribution < 1.29 is 0 Å². The fourth-order valence-electron chi connectivity index (χ4n) is 0.380. The van der Waals surface area contributed by atoms with Gasteiger partial charge in [-0.25, -0.2) is 0 Å². The largest absolute Gasteiger partial charge is 0.162 e. The Labute approximate surface area is 72.0 Å². The first-order valence-electron chi connectivity index (χ1n) is 2.94. The summed E-state index contributed by atoms with van der Waals surface area (Å²) < 4.78 is 0. The maximum atomic E-state index is 5.57. The Kier molecular flexibility index (Phi) is 8.60. The lowest BCUT2D eigenvalue weighted by Gasteiger charge is -1.98. The highest BCUT2D eigenvalue weighted by atomic mass is 35.9. The third kappa shape index (κ3) is 9.36. The SMILES string of the molecule is CCCSCCP(Cl)Cl. The van der Waals surface area contributed by atoms with Gasteiger partial charge in [0.05, 0.1) is 6.63 Å². The molecule has 0 radical (unpaired) electrons. The summed E-state index contributed by atoms with van der Waals surface area (Å²) in [5.74, 6) is 2.35. The van der Waals surface area contributed by atoms with Crippen LogP contribution in [0.15, 0.2) is 0 Å². The van der Waals surface area contributed by atoms with Crippen LogP contribution in [0.5, 0.6) is 0 Å². The maximum absolute atomic E-state index is 5.57. The van der Waals surface area contributed by atoms with Gasteiger partial charge in [0.15, 0.2) is 0 Å². The van der Waals surface area contributed by atoms with Crippen molar-refractivity contribution in [2.75, 3.05) is 17.7 Å². The van der Waals surface area contributed by atoms with E-state index in [0.717, 1.165) is 11.9 Å².